The lowest BCUT2D eigenvalue weighted by Crippen LogP contribution is -2.40. The molecule has 0 spiro atoms. The topological polar surface area (TPSA) is 86.9 Å². The van der Waals surface area contributed by atoms with Crippen molar-refractivity contribution in [2.75, 3.05) is 13.2 Å². The van der Waals surface area contributed by atoms with Gasteiger partial charge in [-0.15, -0.1) is 11.3 Å². The second-order valence-electron chi connectivity index (χ2n) is 4.07. The summed E-state index contributed by atoms with van der Waals surface area (Å²) in [6, 6.07) is -0.601. The minimum atomic E-state index is -0.601. The Morgan fingerprint density at radius 1 is 1.56 bits per heavy atom. The zero-order valence-electron chi connectivity index (χ0n) is 9.96. The summed E-state index contributed by atoms with van der Waals surface area (Å²) < 4.78 is 1.88. The predicted molar refractivity (Wildman–Crippen MR) is 67.6 cm³/mol. The molecule has 2 aromatic heterocycles. The van der Waals surface area contributed by atoms with E-state index < -0.39 is 6.04 Å². The summed E-state index contributed by atoms with van der Waals surface area (Å²) >= 11 is 1.48. The van der Waals surface area contributed by atoms with Crippen LogP contribution in [0.1, 0.15) is 11.4 Å². The molecule has 98 valence electrons. The van der Waals surface area contributed by atoms with Gasteiger partial charge in [-0.1, -0.05) is 0 Å². The smallest absolute Gasteiger partial charge is 0.226 e. The van der Waals surface area contributed by atoms with Crippen LogP contribution in [-0.2, 0) is 11.2 Å². The average molecular weight is 269 g/mol. The maximum atomic E-state index is 11.7. The highest BCUT2D eigenvalue weighted by atomic mass is 32.1. The van der Waals surface area contributed by atoms with Crippen molar-refractivity contribution in [3.05, 3.63) is 23.0 Å². The minimum absolute atomic E-state index is 0.201. The fourth-order valence-electron chi connectivity index (χ4n) is 1.66. The number of amides is 1. The van der Waals surface area contributed by atoms with E-state index in [4.69, 9.17) is 10.2 Å². The molecule has 0 aliphatic rings. The number of carbonyl (C=O) groups excluding carboxylic acids is 1. The van der Waals surface area contributed by atoms with Crippen molar-refractivity contribution >= 4 is 22.2 Å². The van der Waals surface area contributed by atoms with Gasteiger partial charge in [0.15, 0.2) is 4.96 Å². The van der Waals surface area contributed by atoms with Gasteiger partial charge in [0.2, 0.25) is 5.91 Å². The number of thiazole rings is 1. The maximum absolute atomic E-state index is 11.7. The predicted octanol–water partition coefficient (Wildman–Crippen LogP) is -0.284. The first-order chi connectivity index (χ1) is 8.63. The SMILES string of the molecule is Cc1cn2c(CC(=O)NC(CO)CO)csc2n1. The van der Waals surface area contributed by atoms with Gasteiger partial charge in [0.25, 0.3) is 0 Å². The second-order valence-corrected chi connectivity index (χ2v) is 4.90. The molecule has 2 heterocycles. The highest BCUT2D eigenvalue weighted by Gasteiger charge is 2.13. The number of rotatable bonds is 5. The number of nitrogens with zero attached hydrogens (tertiary/aromatic N) is 2. The number of nitrogens with one attached hydrogen (secondary N) is 1. The van der Waals surface area contributed by atoms with Gasteiger partial charge in [-0.3, -0.25) is 9.20 Å². The molecule has 0 bridgehead atoms. The van der Waals surface area contributed by atoms with E-state index in [0.717, 1.165) is 16.3 Å². The van der Waals surface area contributed by atoms with Crippen molar-refractivity contribution in [1.29, 1.82) is 0 Å². The van der Waals surface area contributed by atoms with E-state index in [1.54, 1.807) is 0 Å². The number of carbonyl (C=O) groups is 1. The van der Waals surface area contributed by atoms with Gasteiger partial charge in [-0.2, -0.15) is 0 Å². The molecule has 0 atom stereocenters. The standard InChI is InChI=1S/C11H15N3O3S/c1-7-3-14-9(6-18-11(14)12-7)2-10(17)13-8(4-15)5-16/h3,6,8,15-16H,2,4-5H2,1H3,(H,13,17). The molecule has 7 heteroatoms. The summed E-state index contributed by atoms with van der Waals surface area (Å²) in [6.45, 7) is 1.36. The normalized spacial score (nSPS) is 11.3. The molecule has 2 aromatic rings. The number of aliphatic hydroxyl groups excluding tert-OH is 2. The van der Waals surface area contributed by atoms with Crippen LogP contribution >= 0.6 is 11.3 Å². The lowest BCUT2D eigenvalue weighted by Gasteiger charge is -2.12. The largest absolute Gasteiger partial charge is 0.394 e. The van der Waals surface area contributed by atoms with Gasteiger partial charge in [-0.25, -0.2) is 4.98 Å². The van der Waals surface area contributed by atoms with Gasteiger partial charge in [-0.05, 0) is 6.92 Å². The molecule has 0 aliphatic carbocycles. The van der Waals surface area contributed by atoms with E-state index in [0.29, 0.717) is 0 Å². The third-order valence-electron chi connectivity index (χ3n) is 2.55. The van der Waals surface area contributed by atoms with Crippen LogP contribution in [-0.4, -0.2) is 44.8 Å². The summed E-state index contributed by atoms with van der Waals surface area (Å²) in [5, 5.41) is 22.2. The Kier molecular flexibility index (Phi) is 3.95. The van der Waals surface area contributed by atoms with Crippen LogP contribution in [0, 0.1) is 6.92 Å². The number of hydrogen-bond donors (Lipinski definition) is 3. The second kappa shape index (κ2) is 5.47. The highest BCUT2D eigenvalue weighted by molar-refractivity contribution is 7.15. The minimum Gasteiger partial charge on any atom is -0.394 e. The Morgan fingerprint density at radius 3 is 2.94 bits per heavy atom. The fraction of sp³-hybridized carbons (Fsp3) is 0.455. The first kappa shape index (κ1) is 13.0. The molecule has 0 fully saturated rings. The number of hydrogen-bond acceptors (Lipinski definition) is 5. The van der Waals surface area contributed by atoms with E-state index in [-0.39, 0.29) is 25.5 Å². The van der Waals surface area contributed by atoms with Crippen LogP contribution in [0.2, 0.25) is 0 Å². The number of fused-ring (bicyclic) bond motifs is 1. The third kappa shape index (κ3) is 2.69. The Morgan fingerprint density at radius 2 is 2.28 bits per heavy atom. The summed E-state index contributed by atoms with van der Waals surface area (Å²) in [4.78, 5) is 16.9. The van der Waals surface area contributed by atoms with E-state index in [2.05, 4.69) is 10.3 Å². The van der Waals surface area contributed by atoms with Crippen molar-refractivity contribution in [2.24, 2.45) is 0 Å². The third-order valence-corrected chi connectivity index (χ3v) is 3.44. The molecule has 18 heavy (non-hydrogen) atoms. The van der Waals surface area contributed by atoms with Crippen molar-refractivity contribution in [1.82, 2.24) is 14.7 Å². The van der Waals surface area contributed by atoms with Crippen LogP contribution < -0.4 is 5.32 Å². The Hall–Kier alpha value is -1.44. The number of aliphatic hydroxyl groups is 2. The summed E-state index contributed by atoms with van der Waals surface area (Å²) in [7, 11) is 0. The van der Waals surface area contributed by atoms with Crippen LogP contribution in [0.3, 0.4) is 0 Å². The van der Waals surface area contributed by atoms with Crippen LogP contribution in [0.5, 0.6) is 0 Å². The average Bonchev–Trinajstić information content (AvgIpc) is 2.87. The zero-order chi connectivity index (χ0) is 13.1. The number of aryl methyl sites for hydroxylation is 1. The summed E-state index contributed by atoms with van der Waals surface area (Å²) in [5.74, 6) is -0.228. The van der Waals surface area contributed by atoms with Crippen LogP contribution in [0.4, 0.5) is 0 Å². The van der Waals surface area contributed by atoms with Gasteiger partial charge in [0.1, 0.15) is 0 Å². The van der Waals surface area contributed by atoms with Gasteiger partial charge < -0.3 is 15.5 Å². The number of aromatic nitrogens is 2. The summed E-state index contributed by atoms with van der Waals surface area (Å²) in [5.41, 5.74) is 1.76. The quantitative estimate of drug-likeness (QED) is 0.696. The molecule has 1 amide bonds. The van der Waals surface area contributed by atoms with Gasteiger partial charge in [0.05, 0.1) is 31.4 Å². The molecule has 0 unspecified atom stereocenters. The summed E-state index contributed by atoms with van der Waals surface area (Å²) in [6.07, 6.45) is 2.08. The molecule has 6 nitrogen and oxygen atoms in total. The Balaban J connectivity index is 2.06. The molecule has 0 saturated heterocycles. The van der Waals surface area contributed by atoms with Crippen molar-refractivity contribution < 1.29 is 15.0 Å². The van der Waals surface area contributed by atoms with Gasteiger partial charge >= 0.3 is 0 Å². The van der Waals surface area contributed by atoms with E-state index in [1.807, 2.05) is 22.9 Å². The Bertz CT molecular complexity index is 545. The molecular formula is C11H15N3O3S. The highest BCUT2D eigenvalue weighted by Crippen LogP contribution is 2.16. The molecule has 0 radical (unpaired) electrons. The first-order valence-electron chi connectivity index (χ1n) is 5.57. The molecule has 0 aromatic carbocycles. The number of imidazole rings is 1. The maximum Gasteiger partial charge on any atom is 0.226 e. The molecule has 0 saturated carbocycles. The van der Waals surface area contributed by atoms with E-state index >= 15 is 0 Å². The van der Waals surface area contributed by atoms with E-state index in [9.17, 15) is 4.79 Å². The Labute approximate surface area is 108 Å². The lowest BCUT2D eigenvalue weighted by atomic mass is 10.2. The monoisotopic (exact) mass is 269 g/mol. The molecule has 2 rings (SSSR count). The van der Waals surface area contributed by atoms with E-state index in [1.165, 1.54) is 11.3 Å². The van der Waals surface area contributed by atoms with Crippen molar-refractivity contribution in [3.8, 4) is 0 Å². The van der Waals surface area contributed by atoms with Crippen molar-refractivity contribution in [2.45, 2.75) is 19.4 Å². The molecular weight excluding hydrogens is 254 g/mol. The van der Waals surface area contributed by atoms with Crippen molar-refractivity contribution in [3.63, 3.8) is 0 Å². The fourth-order valence-corrected chi connectivity index (χ4v) is 2.58. The molecule has 3 N–H and O–H groups in total. The first-order valence-corrected chi connectivity index (χ1v) is 6.45. The van der Waals surface area contributed by atoms with Crippen LogP contribution in [0.15, 0.2) is 11.6 Å². The van der Waals surface area contributed by atoms with Crippen LogP contribution in [0.25, 0.3) is 4.96 Å². The molecule has 0 aliphatic heterocycles. The van der Waals surface area contributed by atoms with Gasteiger partial charge in [0, 0.05) is 17.3 Å². The zero-order valence-corrected chi connectivity index (χ0v) is 10.8. The lowest BCUT2D eigenvalue weighted by molar-refractivity contribution is -0.121.